The number of nitrogens with zero attached hydrogens (tertiary/aromatic N) is 2. The van der Waals surface area contributed by atoms with Crippen molar-refractivity contribution >= 4 is 17.7 Å². The molecule has 3 aromatic carbocycles. The van der Waals surface area contributed by atoms with Crippen molar-refractivity contribution in [2.24, 2.45) is 0 Å². The summed E-state index contributed by atoms with van der Waals surface area (Å²) in [4.78, 5) is 13.0. The Balaban J connectivity index is 0.00000289. The van der Waals surface area contributed by atoms with Crippen LogP contribution in [0.4, 0.5) is 5.69 Å². The number of hydrogen-bond acceptors (Lipinski definition) is 2. The summed E-state index contributed by atoms with van der Waals surface area (Å²) in [5.41, 5.74) is 8.02. The number of pyridine rings is 1. The normalized spacial score (nSPS) is 11.9. The van der Waals surface area contributed by atoms with E-state index in [0.29, 0.717) is 12.1 Å². The van der Waals surface area contributed by atoms with E-state index in [9.17, 15) is 4.79 Å². The maximum absolute atomic E-state index is 13.0. The number of aromatic nitrogens is 1. The second kappa shape index (κ2) is 10.8. The minimum absolute atomic E-state index is 0. The zero-order chi connectivity index (χ0) is 23.3. The molecule has 0 bridgehead atoms. The third kappa shape index (κ3) is 5.66. The summed E-state index contributed by atoms with van der Waals surface area (Å²) >= 11 is 0. The number of carbonyl (C=O) groups is 1. The van der Waals surface area contributed by atoms with Crippen LogP contribution in [0.15, 0.2) is 103 Å². The van der Waals surface area contributed by atoms with E-state index in [1.165, 1.54) is 11.1 Å². The summed E-state index contributed by atoms with van der Waals surface area (Å²) in [7, 11) is 0. The molecule has 0 aliphatic heterocycles. The van der Waals surface area contributed by atoms with Gasteiger partial charge in [0.25, 0.3) is 5.91 Å². The van der Waals surface area contributed by atoms with E-state index in [0.717, 1.165) is 40.8 Å². The van der Waals surface area contributed by atoms with Gasteiger partial charge in [-0.05, 0) is 65.4 Å². The third-order valence-electron chi connectivity index (χ3n) is 6.10. The van der Waals surface area contributed by atoms with E-state index in [-0.39, 0.29) is 18.3 Å². The summed E-state index contributed by atoms with van der Waals surface area (Å²) in [5, 5.41) is 12.1. The van der Waals surface area contributed by atoms with E-state index in [1.807, 2.05) is 71.6 Å². The molecule has 1 aromatic heterocycles. The summed E-state index contributed by atoms with van der Waals surface area (Å²) in [6, 6.07) is 30.5. The summed E-state index contributed by atoms with van der Waals surface area (Å²) in [5.74, 6) is -0.0559. The fraction of sp³-hybridized carbons (Fsp3) is 0.100. The first-order valence-electron chi connectivity index (χ1n) is 11.4. The van der Waals surface area contributed by atoms with Crippen molar-refractivity contribution < 1.29 is 21.8 Å². The molecule has 0 saturated heterocycles. The molecule has 0 radical (unpaired) electrons. The fourth-order valence-electron chi connectivity index (χ4n) is 4.28. The molecule has 0 fully saturated rings. The first-order chi connectivity index (χ1) is 16.7. The molecule has 5 rings (SSSR count). The van der Waals surface area contributed by atoms with Crippen LogP contribution < -0.4 is 22.3 Å². The van der Waals surface area contributed by atoms with Gasteiger partial charge in [0.15, 0.2) is 18.9 Å². The Hall–Kier alpha value is -4.20. The molecule has 0 spiro atoms. The minimum Gasteiger partial charge on any atom is -1.00 e. The van der Waals surface area contributed by atoms with Crippen molar-refractivity contribution in [3.05, 3.63) is 125 Å². The zero-order valence-corrected chi connectivity index (χ0v) is 19.9. The number of nitrogens with one attached hydrogen (secondary N) is 1. The fourth-order valence-corrected chi connectivity index (χ4v) is 4.28. The number of benzene rings is 3. The molecular formula is C30H24ClN3O. The highest BCUT2D eigenvalue weighted by Gasteiger charge is 2.17. The lowest BCUT2D eigenvalue weighted by Gasteiger charge is -2.17. The summed E-state index contributed by atoms with van der Waals surface area (Å²) in [6.45, 7) is 0.662. The number of fused-ring (bicyclic) bond motifs is 1. The number of aryl methyl sites for hydroxylation is 1. The van der Waals surface area contributed by atoms with Crippen LogP contribution in [0.2, 0.25) is 0 Å². The van der Waals surface area contributed by atoms with Gasteiger partial charge in [-0.25, -0.2) is 0 Å². The summed E-state index contributed by atoms with van der Waals surface area (Å²) < 4.78 is 1.97. The van der Waals surface area contributed by atoms with Gasteiger partial charge in [0, 0.05) is 22.9 Å². The van der Waals surface area contributed by atoms with E-state index in [4.69, 9.17) is 5.26 Å². The van der Waals surface area contributed by atoms with E-state index < -0.39 is 0 Å². The molecule has 35 heavy (non-hydrogen) atoms. The summed E-state index contributed by atoms with van der Waals surface area (Å²) in [6.07, 6.45) is 7.38. The lowest BCUT2D eigenvalue weighted by atomic mass is 9.89. The van der Waals surface area contributed by atoms with Crippen molar-refractivity contribution in [1.29, 1.82) is 5.26 Å². The van der Waals surface area contributed by atoms with Crippen molar-refractivity contribution in [3.63, 3.8) is 0 Å². The third-order valence-corrected chi connectivity index (χ3v) is 6.10. The van der Waals surface area contributed by atoms with Crippen molar-refractivity contribution in [2.45, 2.75) is 19.4 Å². The minimum atomic E-state index is -0.0559. The quantitative estimate of drug-likeness (QED) is 0.449. The molecule has 1 heterocycles. The van der Waals surface area contributed by atoms with Crippen molar-refractivity contribution in [1.82, 2.24) is 0 Å². The maximum Gasteiger partial charge on any atom is 0.251 e. The first kappa shape index (κ1) is 23.9. The van der Waals surface area contributed by atoms with Gasteiger partial charge in [0.2, 0.25) is 0 Å². The van der Waals surface area contributed by atoms with Crippen LogP contribution in [0, 0.1) is 11.3 Å². The largest absolute Gasteiger partial charge is 1.00 e. The smallest absolute Gasteiger partial charge is 0.251 e. The molecule has 4 nitrogen and oxygen atoms in total. The van der Waals surface area contributed by atoms with Gasteiger partial charge in [-0.2, -0.15) is 9.83 Å². The Morgan fingerprint density at radius 3 is 2.49 bits per heavy atom. The monoisotopic (exact) mass is 477 g/mol. The lowest BCUT2D eigenvalue weighted by molar-refractivity contribution is -0.688. The van der Waals surface area contributed by atoms with Gasteiger partial charge < -0.3 is 17.7 Å². The van der Waals surface area contributed by atoms with Crippen LogP contribution in [0.25, 0.3) is 17.2 Å². The Labute approximate surface area is 211 Å². The van der Waals surface area contributed by atoms with Crippen LogP contribution in [-0.2, 0) is 17.8 Å². The van der Waals surface area contributed by atoms with Crippen LogP contribution in [0.3, 0.4) is 0 Å². The topological polar surface area (TPSA) is 56.8 Å². The van der Waals surface area contributed by atoms with Crippen LogP contribution >= 0.6 is 0 Å². The number of amides is 1. The molecule has 0 unspecified atom stereocenters. The molecule has 1 aliphatic rings. The van der Waals surface area contributed by atoms with Crippen molar-refractivity contribution in [3.8, 4) is 17.2 Å². The van der Waals surface area contributed by atoms with Gasteiger partial charge in [-0.3, -0.25) is 4.79 Å². The molecule has 0 saturated carbocycles. The average molecular weight is 478 g/mol. The number of rotatable bonds is 5. The van der Waals surface area contributed by atoms with Crippen molar-refractivity contribution in [2.75, 3.05) is 5.32 Å². The molecule has 1 amide bonds. The van der Waals surface area contributed by atoms with E-state index in [2.05, 4.69) is 41.7 Å². The van der Waals surface area contributed by atoms with Crippen LogP contribution in [0.5, 0.6) is 0 Å². The molecule has 0 atom stereocenters. The standard InChI is InChI=1S/C30H23N3O.ClH/c31-19-23-5-4-16-33(21-23)20-22-8-14-29(15-9-22)32-30(34)27-13-11-25-10-12-26(17-28(25)18-27)24-6-2-1-3-7-24;/h1-10,12,14-18,21H,11,13,20H2;1H. The van der Waals surface area contributed by atoms with Gasteiger partial charge in [0.05, 0.1) is 0 Å². The second-order valence-corrected chi connectivity index (χ2v) is 8.48. The van der Waals surface area contributed by atoms with Gasteiger partial charge in [-0.15, -0.1) is 0 Å². The Morgan fingerprint density at radius 1 is 0.914 bits per heavy atom. The van der Waals surface area contributed by atoms with Gasteiger partial charge >= 0.3 is 0 Å². The van der Waals surface area contributed by atoms with Crippen LogP contribution in [0.1, 0.15) is 28.7 Å². The van der Waals surface area contributed by atoms with E-state index >= 15 is 0 Å². The Bertz CT molecular complexity index is 1420. The number of hydrogen-bond donors (Lipinski definition) is 1. The zero-order valence-electron chi connectivity index (χ0n) is 19.1. The van der Waals surface area contributed by atoms with Crippen LogP contribution in [-0.4, -0.2) is 5.91 Å². The Morgan fingerprint density at radius 2 is 1.71 bits per heavy atom. The highest BCUT2D eigenvalue weighted by atomic mass is 35.5. The molecule has 5 heteroatoms. The highest BCUT2D eigenvalue weighted by molar-refractivity contribution is 6.07. The molecule has 172 valence electrons. The SMILES string of the molecule is N#Cc1ccc[n+](Cc2ccc(NC(=O)C3=Cc4cc(-c5ccccc5)ccc4CC3)cc2)c1.[Cl-]. The predicted molar refractivity (Wildman–Crippen MR) is 134 cm³/mol. The molecular weight excluding hydrogens is 454 g/mol. The number of anilines is 1. The molecule has 4 aromatic rings. The second-order valence-electron chi connectivity index (χ2n) is 8.48. The van der Waals surface area contributed by atoms with Gasteiger partial charge in [0.1, 0.15) is 11.6 Å². The Kier molecular flexibility index (Phi) is 7.40. The highest BCUT2D eigenvalue weighted by Crippen LogP contribution is 2.29. The lowest BCUT2D eigenvalue weighted by Crippen LogP contribution is -3.00. The number of nitriles is 1. The predicted octanol–water partition coefficient (Wildman–Crippen LogP) is 2.53. The number of halogens is 1. The number of carbonyl (C=O) groups excluding carboxylic acids is 1. The average Bonchev–Trinajstić information content (AvgIpc) is 2.90. The first-order valence-corrected chi connectivity index (χ1v) is 11.4. The molecule has 1 N–H and O–H groups in total. The maximum atomic E-state index is 13.0. The van der Waals surface area contributed by atoms with Gasteiger partial charge in [-0.1, -0.05) is 54.6 Å². The molecule has 1 aliphatic carbocycles. The van der Waals surface area contributed by atoms with E-state index in [1.54, 1.807) is 6.07 Å².